The summed E-state index contributed by atoms with van der Waals surface area (Å²) in [6.07, 6.45) is 0. The van der Waals surface area contributed by atoms with Crippen molar-refractivity contribution >= 4 is 15.7 Å². The molecule has 0 spiro atoms. The van der Waals surface area contributed by atoms with E-state index in [2.05, 4.69) is 9.63 Å². The summed E-state index contributed by atoms with van der Waals surface area (Å²) in [5.41, 5.74) is 0.850. The summed E-state index contributed by atoms with van der Waals surface area (Å²) in [5.74, 6) is 0. The van der Waals surface area contributed by atoms with E-state index in [-0.39, 0.29) is 4.90 Å². The topological polar surface area (TPSA) is 82.7 Å². The maximum Gasteiger partial charge on any atom is 0.299 e. The molecule has 0 radical (unpaired) electrons. The zero-order chi connectivity index (χ0) is 13.7. The van der Waals surface area contributed by atoms with Crippen molar-refractivity contribution in [3.05, 3.63) is 60.2 Å². The van der Waals surface area contributed by atoms with E-state index in [1.807, 2.05) is 6.07 Å². The first-order valence-electron chi connectivity index (χ1n) is 5.35. The van der Waals surface area contributed by atoms with E-state index in [4.69, 9.17) is 5.26 Å². The number of rotatable bonds is 3. The third-order valence-electron chi connectivity index (χ3n) is 2.30. The van der Waals surface area contributed by atoms with Crippen molar-refractivity contribution in [2.75, 3.05) is 0 Å². The molecule has 2 rings (SSSR count). The van der Waals surface area contributed by atoms with Crippen LogP contribution >= 0.6 is 0 Å². The lowest BCUT2D eigenvalue weighted by molar-refractivity contribution is 0.595. The summed E-state index contributed by atoms with van der Waals surface area (Å²) in [4.78, 5) is 0.0902. The van der Waals surface area contributed by atoms with E-state index < -0.39 is 10.0 Å². The molecule has 0 amide bonds. The molecule has 19 heavy (non-hydrogen) atoms. The van der Waals surface area contributed by atoms with Crippen molar-refractivity contribution in [2.45, 2.75) is 4.90 Å². The van der Waals surface area contributed by atoms with Gasteiger partial charge in [0.25, 0.3) is 10.0 Å². The molecule has 0 fully saturated rings. The Labute approximate surface area is 110 Å². The average molecular weight is 271 g/mol. The maximum atomic E-state index is 11.8. The Hall–Kier alpha value is -2.52. The highest BCUT2D eigenvalue weighted by molar-refractivity contribution is 7.90. The number of hydrogen-bond acceptors (Lipinski definition) is 4. The SMILES string of the molecule is N#Cc1ccc(N=NS(=O)(=O)c2ccccc2)cc1. The molecule has 0 N–H and O–H groups in total. The van der Waals surface area contributed by atoms with Crippen LogP contribution in [0.25, 0.3) is 0 Å². The molecule has 94 valence electrons. The van der Waals surface area contributed by atoms with Gasteiger partial charge in [-0.05, 0) is 36.4 Å². The first-order chi connectivity index (χ1) is 9.12. The van der Waals surface area contributed by atoms with Gasteiger partial charge in [0.05, 0.1) is 22.2 Å². The van der Waals surface area contributed by atoms with Gasteiger partial charge in [0.2, 0.25) is 0 Å². The molecule has 0 atom stereocenters. The Morgan fingerprint density at radius 1 is 0.947 bits per heavy atom. The van der Waals surface area contributed by atoms with E-state index in [1.165, 1.54) is 24.3 Å². The van der Waals surface area contributed by atoms with Crippen LogP contribution in [0.2, 0.25) is 0 Å². The summed E-state index contributed by atoms with van der Waals surface area (Å²) in [5, 5.41) is 12.3. The molecule has 2 aromatic carbocycles. The lowest BCUT2D eigenvalue weighted by atomic mass is 10.2. The second-order valence-electron chi connectivity index (χ2n) is 3.63. The van der Waals surface area contributed by atoms with Gasteiger partial charge in [0.15, 0.2) is 0 Å². The van der Waals surface area contributed by atoms with Crippen LogP contribution in [-0.2, 0) is 10.0 Å². The molecular weight excluding hydrogens is 262 g/mol. The fraction of sp³-hybridized carbons (Fsp3) is 0. The molecule has 0 aliphatic rings. The molecule has 0 saturated carbocycles. The monoisotopic (exact) mass is 271 g/mol. The predicted octanol–water partition coefficient (Wildman–Crippen LogP) is 3.03. The van der Waals surface area contributed by atoms with Crippen LogP contribution in [0.4, 0.5) is 5.69 Å². The fourth-order valence-electron chi connectivity index (χ4n) is 1.34. The van der Waals surface area contributed by atoms with Crippen molar-refractivity contribution in [3.8, 4) is 6.07 Å². The zero-order valence-corrected chi connectivity index (χ0v) is 10.6. The Morgan fingerprint density at radius 2 is 1.58 bits per heavy atom. The smallest absolute Gasteiger partial charge is 0.198 e. The van der Waals surface area contributed by atoms with Gasteiger partial charge < -0.3 is 0 Å². The molecule has 0 aliphatic heterocycles. The summed E-state index contributed by atoms with van der Waals surface area (Å²) >= 11 is 0. The van der Waals surface area contributed by atoms with Crippen molar-refractivity contribution in [1.82, 2.24) is 0 Å². The minimum Gasteiger partial charge on any atom is -0.198 e. The normalized spacial score (nSPS) is 11.3. The molecule has 0 unspecified atom stereocenters. The van der Waals surface area contributed by atoms with E-state index in [0.717, 1.165) is 0 Å². The molecule has 5 nitrogen and oxygen atoms in total. The molecule has 0 saturated heterocycles. The minimum absolute atomic E-state index is 0.0902. The van der Waals surface area contributed by atoms with Gasteiger partial charge in [-0.3, -0.25) is 0 Å². The third-order valence-corrected chi connectivity index (χ3v) is 3.47. The van der Waals surface area contributed by atoms with E-state index in [0.29, 0.717) is 11.3 Å². The van der Waals surface area contributed by atoms with Crippen LogP contribution in [0.1, 0.15) is 5.56 Å². The summed E-state index contributed by atoms with van der Waals surface area (Å²) in [6.45, 7) is 0. The molecule has 0 aromatic heterocycles. The standard InChI is InChI=1S/C13H9N3O2S/c14-10-11-6-8-12(9-7-11)15-16-19(17,18)13-4-2-1-3-5-13/h1-9H. The van der Waals surface area contributed by atoms with Gasteiger partial charge in [-0.25, -0.2) is 0 Å². The second-order valence-corrected chi connectivity index (χ2v) is 5.21. The minimum atomic E-state index is -3.78. The van der Waals surface area contributed by atoms with Crippen LogP contribution in [0.15, 0.2) is 69.1 Å². The van der Waals surface area contributed by atoms with Crippen LogP contribution in [0.5, 0.6) is 0 Å². The first-order valence-corrected chi connectivity index (χ1v) is 6.79. The van der Waals surface area contributed by atoms with Gasteiger partial charge in [0, 0.05) is 0 Å². The number of hydrogen-bond donors (Lipinski definition) is 0. The number of benzene rings is 2. The molecule has 6 heteroatoms. The predicted molar refractivity (Wildman–Crippen MR) is 69.3 cm³/mol. The number of nitriles is 1. The Bertz CT molecular complexity index is 730. The van der Waals surface area contributed by atoms with E-state index in [1.54, 1.807) is 30.3 Å². The molecule has 2 aromatic rings. The largest absolute Gasteiger partial charge is 0.299 e. The van der Waals surface area contributed by atoms with Gasteiger partial charge in [-0.1, -0.05) is 22.7 Å². The Morgan fingerprint density at radius 3 is 2.16 bits per heavy atom. The van der Waals surface area contributed by atoms with Gasteiger partial charge in [-0.15, -0.1) is 5.11 Å². The van der Waals surface area contributed by atoms with Gasteiger partial charge >= 0.3 is 0 Å². The zero-order valence-electron chi connectivity index (χ0n) is 9.76. The summed E-state index contributed by atoms with van der Waals surface area (Å²) in [7, 11) is -3.78. The van der Waals surface area contributed by atoms with Crippen LogP contribution in [0.3, 0.4) is 0 Å². The molecular formula is C13H9N3O2S. The van der Waals surface area contributed by atoms with Crippen LogP contribution in [-0.4, -0.2) is 8.42 Å². The first kappa shape index (κ1) is 12.9. The number of sulfonamides is 1. The second kappa shape index (κ2) is 5.42. The Kier molecular flexibility index (Phi) is 3.68. The van der Waals surface area contributed by atoms with Gasteiger partial charge in [0.1, 0.15) is 0 Å². The fourth-order valence-corrected chi connectivity index (χ4v) is 2.14. The van der Waals surface area contributed by atoms with Crippen molar-refractivity contribution in [3.63, 3.8) is 0 Å². The summed E-state index contributed by atoms with van der Waals surface area (Å²) < 4.78 is 27.0. The highest BCUT2D eigenvalue weighted by Gasteiger charge is 2.11. The van der Waals surface area contributed by atoms with Crippen molar-refractivity contribution < 1.29 is 8.42 Å². The van der Waals surface area contributed by atoms with Crippen LogP contribution in [0, 0.1) is 11.3 Å². The third kappa shape index (κ3) is 3.24. The average Bonchev–Trinajstić information content (AvgIpc) is 2.47. The molecule has 0 bridgehead atoms. The summed E-state index contributed by atoms with van der Waals surface area (Å²) in [6, 6.07) is 16.0. The maximum absolute atomic E-state index is 11.8. The molecule has 0 heterocycles. The number of nitrogens with zero attached hydrogens (tertiary/aromatic N) is 3. The quantitative estimate of drug-likeness (QED) is 0.804. The Balaban J connectivity index is 2.25. The highest BCUT2D eigenvalue weighted by atomic mass is 32.2. The highest BCUT2D eigenvalue weighted by Crippen LogP contribution is 2.17. The lowest BCUT2D eigenvalue weighted by Gasteiger charge is -1.96. The van der Waals surface area contributed by atoms with Crippen molar-refractivity contribution in [2.24, 2.45) is 9.63 Å². The lowest BCUT2D eigenvalue weighted by Crippen LogP contribution is -1.94. The van der Waals surface area contributed by atoms with Crippen molar-refractivity contribution in [1.29, 1.82) is 5.26 Å². The van der Waals surface area contributed by atoms with Crippen LogP contribution < -0.4 is 0 Å². The van der Waals surface area contributed by atoms with Gasteiger partial charge in [-0.2, -0.15) is 13.7 Å². The van der Waals surface area contributed by atoms with E-state index >= 15 is 0 Å². The van der Waals surface area contributed by atoms with E-state index in [9.17, 15) is 8.42 Å². The molecule has 0 aliphatic carbocycles.